The summed E-state index contributed by atoms with van der Waals surface area (Å²) < 4.78 is 0. The Kier molecular flexibility index (Phi) is 5.12. The maximum atomic E-state index is 12.8. The highest BCUT2D eigenvalue weighted by atomic mass is 16.2. The Morgan fingerprint density at radius 2 is 1.65 bits per heavy atom. The first kappa shape index (κ1) is 18.2. The fourth-order valence-electron chi connectivity index (χ4n) is 3.81. The van der Waals surface area contributed by atoms with Gasteiger partial charge in [0.1, 0.15) is 0 Å². The van der Waals surface area contributed by atoms with Gasteiger partial charge in [-0.2, -0.15) is 0 Å². The van der Waals surface area contributed by atoms with Crippen LogP contribution in [-0.4, -0.2) is 17.9 Å². The molecule has 1 heterocycles. The number of carbonyl (C=O) groups is 2. The number of para-hydroxylation sites is 2. The summed E-state index contributed by atoms with van der Waals surface area (Å²) in [4.78, 5) is 29.1. The minimum absolute atomic E-state index is 0.00633. The topological polar surface area (TPSA) is 40.6 Å². The number of rotatable bonds is 3. The fraction of sp³-hybridized carbons (Fsp3) is 0.364. The highest BCUT2D eigenvalue weighted by molar-refractivity contribution is 5.98. The molecule has 0 spiro atoms. The van der Waals surface area contributed by atoms with Crippen molar-refractivity contribution in [1.29, 1.82) is 0 Å². The molecule has 4 heteroatoms. The molecule has 136 valence electrons. The van der Waals surface area contributed by atoms with E-state index in [4.69, 9.17) is 0 Å². The number of carbonyl (C=O) groups excluding carboxylic acids is 2. The van der Waals surface area contributed by atoms with Gasteiger partial charge in [0.05, 0.1) is 6.04 Å². The van der Waals surface area contributed by atoms with Crippen LogP contribution in [0.25, 0.3) is 0 Å². The third kappa shape index (κ3) is 3.24. The van der Waals surface area contributed by atoms with Crippen molar-refractivity contribution in [2.24, 2.45) is 5.92 Å². The summed E-state index contributed by atoms with van der Waals surface area (Å²) >= 11 is 0. The van der Waals surface area contributed by atoms with Crippen molar-refractivity contribution < 1.29 is 9.59 Å². The maximum Gasteiger partial charge on any atom is 0.229 e. The summed E-state index contributed by atoms with van der Waals surface area (Å²) in [6.07, 6.45) is 0.712. The van der Waals surface area contributed by atoms with Crippen LogP contribution < -0.4 is 9.80 Å². The van der Waals surface area contributed by atoms with Gasteiger partial charge in [0.25, 0.3) is 0 Å². The maximum absolute atomic E-state index is 12.8. The molecule has 0 radical (unpaired) electrons. The number of amides is 2. The second-order valence-electron chi connectivity index (χ2n) is 7.25. The highest BCUT2D eigenvalue weighted by Crippen LogP contribution is 2.42. The number of fused-ring (bicyclic) bond motifs is 1. The minimum atomic E-state index is -0.0858. The van der Waals surface area contributed by atoms with E-state index in [1.807, 2.05) is 78.2 Å². The lowest BCUT2D eigenvalue weighted by Gasteiger charge is -2.43. The van der Waals surface area contributed by atoms with E-state index in [-0.39, 0.29) is 29.8 Å². The molecule has 0 bridgehead atoms. The lowest BCUT2D eigenvalue weighted by molar-refractivity contribution is -0.122. The summed E-state index contributed by atoms with van der Waals surface area (Å²) in [7, 11) is 0. The van der Waals surface area contributed by atoms with Gasteiger partial charge < -0.3 is 9.80 Å². The van der Waals surface area contributed by atoms with E-state index in [1.165, 1.54) is 0 Å². The van der Waals surface area contributed by atoms with E-state index in [0.29, 0.717) is 6.42 Å². The van der Waals surface area contributed by atoms with Gasteiger partial charge >= 0.3 is 0 Å². The van der Waals surface area contributed by atoms with Gasteiger partial charge in [-0.1, -0.05) is 50.2 Å². The normalized spacial score (nSPS) is 19.2. The summed E-state index contributed by atoms with van der Waals surface area (Å²) in [6, 6.07) is 17.6. The van der Waals surface area contributed by atoms with Crippen molar-refractivity contribution >= 4 is 23.2 Å². The van der Waals surface area contributed by atoms with Gasteiger partial charge in [0.2, 0.25) is 11.8 Å². The Morgan fingerprint density at radius 1 is 1.04 bits per heavy atom. The monoisotopic (exact) mass is 350 g/mol. The van der Waals surface area contributed by atoms with E-state index in [1.54, 1.807) is 6.92 Å². The Balaban J connectivity index is 2.10. The number of anilines is 2. The average Bonchev–Trinajstić information content (AvgIpc) is 2.62. The van der Waals surface area contributed by atoms with E-state index >= 15 is 0 Å². The van der Waals surface area contributed by atoms with Crippen LogP contribution in [0.5, 0.6) is 0 Å². The fourth-order valence-corrected chi connectivity index (χ4v) is 3.81. The van der Waals surface area contributed by atoms with Crippen molar-refractivity contribution in [1.82, 2.24) is 0 Å². The molecule has 0 saturated carbocycles. The largest absolute Gasteiger partial charge is 0.309 e. The zero-order valence-corrected chi connectivity index (χ0v) is 15.8. The predicted octanol–water partition coefficient (Wildman–Crippen LogP) is 4.56. The molecule has 3 rings (SSSR count). The van der Waals surface area contributed by atoms with Crippen LogP contribution in [0.1, 0.15) is 45.7 Å². The van der Waals surface area contributed by atoms with Crippen molar-refractivity contribution in [3.63, 3.8) is 0 Å². The molecular weight excluding hydrogens is 324 g/mol. The van der Waals surface area contributed by atoms with E-state index in [9.17, 15) is 9.59 Å². The molecule has 1 aliphatic rings. The van der Waals surface area contributed by atoms with Crippen LogP contribution >= 0.6 is 0 Å². The minimum Gasteiger partial charge on any atom is -0.309 e. The number of hydrogen-bond acceptors (Lipinski definition) is 2. The summed E-state index contributed by atoms with van der Waals surface area (Å²) in [6.45, 7) is 7.52. The Labute approximate surface area is 155 Å². The van der Waals surface area contributed by atoms with Gasteiger partial charge in [0, 0.05) is 30.3 Å². The SMILES string of the molecule is CC(=O)N(c1ccccc1)C1CC(C)N(C(=O)C(C)C)c2ccccc21. The molecule has 0 N–H and O–H groups in total. The highest BCUT2D eigenvalue weighted by Gasteiger charge is 2.38. The Hall–Kier alpha value is -2.62. The zero-order valence-electron chi connectivity index (χ0n) is 15.8. The van der Waals surface area contributed by atoms with E-state index in [0.717, 1.165) is 16.9 Å². The van der Waals surface area contributed by atoms with Gasteiger partial charge in [0.15, 0.2) is 0 Å². The zero-order chi connectivity index (χ0) is 18.8. The van der Waals surface area contributed by atoms with Gasteiger partial charge in [-0.15, -0.1) is 0 Å². The van der Waals surface area contributed by atoms with Gasteiger partial charge in [-0.3, -0.25) is 9.59 Å². The van der Waals surface area contributed by atoms with Crippen LogP contribution in [-0.2, 0) is 9.59 Å². The third-order valence-electron chi connectivity index (χ3n) is 4.98. The predicted molar refractivity (Wildman–Crippen MR) is 105 cm³/mol. The summed E-state index contributed by atoms with van der Waals surface area (Å²) in [5.41, 5.74) is 2.83. The molecular formula is C22H26N2O2. The van der Waals surface area contributed by atoms with Crippen molar-refractivity contribution in [3.8, 4) is 0 Å². The van der Waals surface area contributed by atoms with Gasteiger partial charge in [-0.25, -0.2) is 0 Å². The van der Waals surface area contributed by atoms with E-state index in [2.05, 4.69) is 6.92 Å². The van der Waals surface area contributed by atoms with Crippen molar-refractivity contribution in [2.75, 3.05) is 9.80 Å². The molecule has 26 heavy (non-hydrogen) atoms. The van der Waals surface area contributed by atoms with Crippen LogP contribution in [0.15, 0.2) is 54.6 Å². The molecule has 2 aromatic rings. The molecule has 2 atom stereocenters. The lowest BCUT2D eigenvalue weighted by atomic mass is 9.89. The third-order valence-corrected chi connectivity index (χ3v) is 4.98. The number of hydrogen-bond donors (Lipinski definition) is 0. The standard InChI is InChI=1S/C22H26N2O2/c1-15(2)22(26)23-16(3)14-21(19-12-8-9-13-20(19)23)24(17(4)25)18-10-6-5-7-11-18/h5-13,15-16,21H,14H2,1-4H3. The van der Waals surface area contributed by atoms with Crippen molar-refractivity contribution in [3.05, 3.63) is 60.2 Å². The second-order valence-corrected chi connectivity index (χ2v) is 7.25. The van der Waals surface area contributed by atoms with Crippen LogP contribution in [0.3, 0.4) is 0 Å². The van der Waals surface area contributed by atoms with Crippen LogP contribution in [0.2, 0.25) is 0 Å². The number of nitrogens with zero attached hydrogens (tertiary/aromatic N) is 2. The van der Waals surface area contributed by atoms with E-state index < -0.39 is 0 Å². The van der Waals surface area contributed by atoms with Crippen molar-refractivity contribution in [2.45, 2.75) is 46.2 Å². The summed E-state index contributed by atoms with van der Waals surface area (Å²) in [5, 5.41) is 0. The molecule has 2 unspecified atom stereocenters. The van der Waals surface area contributed by atoms with Crippen LogP contribution in [0, 0.1) is 5.92 Å². The van der Waals surface area contributed by atoms with Crippen LogP contribution in [0.4, 0.5) is 11.4 Å². The molecule has 0 saturated heterocycles. The molecule has 1 aliphatic heterocycles. The average molecular weight is 350 g/mol. The molecule has 2 aromatic carbocycles. The smallest absolute Gasteiger partial charge is 0.229 e. The molecule has 4 nitrogen and oxygen atoms in total. The Bertz CT molecular complexity index is 801. The first-order valence-electron chi connectivity index (χ1n) is 9.18. The second kappa shape index (κ2) is 7.32. The lowest BCUT2D eigenvalue weighted by Crippen LogP contribution is -2.48. The summed E-state index contributed by atoms with van der Waals surface area (Å²) in [5.74, 6) is 0.0596. The number of benzene rings is 2. The molecule has 2 amide bonds. The quantitative estimate of drug-likeness (QED) is 0.814. The molecule has 0 fully saturated rings. The Morgan fingerprint density at radius 3 is 2.27 bits per heavy atom. The first-order chi connectivity index (χ1) is 12.4. The molecule has 0 aromatic heterocycles. The molecule has 0 aliphatic carbocycles. The van der Waals surface area contributed by atoms with Gasteiger partial charge in [-0.05, 0) is 37.1 Å². The first-order valence-corrected chi connectivity index (χ1v) is 9.18.